The summed E-state index contributed by atoms with van der Waals surface area (Å²) in [7, 11) is 0. The van der Waals surface area contributed by atoms with Gasteiger partial charge in [-0.05, 0) is 12.5 Å². The van der Waals surface area contributed by atoms with Gasteiger partial charge in [0.25, 0.3) is 0 Å². The average Bonchev–Trinajstić information content (AvgIpc) is 1.62. The molecule has 0 amide bonds. The van der Waals surface area contributed by atoms with Crippen LogP contribution in [0.25, 0.3) is 0 Å². The number of hydrogen-bond acceptors (Lipinski definition) is 0. The maximum absolute atomic E-state index is 5.36. The van der Waals surface area contributed by atoms with Gasteiger partial charge in [-0.2, -0.15) is 0 Å². The van der Waals surface area contributed by atoms with Crippen molar-refractivity contribution in [2.45, 2.75) is 10.7 Å². The van der Waals surface area contributed by atoms with E-state index in [4.69, 9.17) is 46.4 Å². The molecule has 0 bridgehead atoms. The van der Waals surface area contributed by atoms with Gasteiger partial charge in [0.15, 0.2) is 0 Å². The van der Waals surface area contributed by atoms with Gasteiger partial charge in [-0.15, -0.1) is 0 Å². The fourth-order valence-corrected chi connectivity index (χ4v) is 0.557. The molecular formula is C4H4Cl4. The first-order chi connectivity index (χ1) is 3.48. The molecule has 0 N–H and O–H groups in total. The van der Waals surface area contributed by atoms with Crippen molar-refractivity contribution in [1.29, 1.82) is 0 Å². The Morgan fingerprint density at radius 1 is 1.38 bits per heavy atom. The maximum Gasteiger partial charge on any atom is 0.212 e. The summed E-state index contributed by atoms with van der Waals surface area (Å²) in [5, 5.41) is 0. The third-order valence-corrected chi connectivity index (χ3v) is 1.83. The summed E-state index contributed by atoms with van der Waals surface area (Å²) in [6, 6.07) is 0. The standard InChI is InChI=1S/C4H4Cl4/c1-3(2-5)4(6,7)8/h2H,1H3. The Morgan fingerprint density at radius 2 is 1.75 bits per heavy atom. The van der Waals surface area contributed by atoms with Crippen molar-refractivity contribution in [1.82, 2.24) is 0 Å². The minimum atomic E-state index is -1.35. The zero-order valence-electron chi connectivity index (χ0n) is 4.09. The van der Waals surface area contributed by atoms with Crippen LogP contribution in [0, 0.1) is 0 Å². The molecule has 0 atom stereocenters. The monoisotopic (exact) mass is 192 g/mol. The number of rotatable bonds is 0. The fraction of sp³-hybridized carbons (Fsp3) is 0.500. The van der Waals surface area contributed by atoms with Crippen LogP contribution in [-0.2, 0) is 0 Å². The predicted octanol–water partition coefficient (Wildman–Crippen LogP) is 3.50. The van der Waals surface area contributed by atoms with Crippen molar-refractivity contribution in [3.63, 3.8) is 0 Å². The Hall–Kier alpha value is 0.900. The zero-order chi connectivity index (χ0) is 6.78. The van der Waals surface area contributed by atoms with Gasteiger partial charge in [-0.25, -0.2) is 0 Å². The lowest BCUT2D eigenvalue weighted by Gasteiger charge is -2.08. The summed E-state index contributed by atoms with van der Waals surface area (Å²) in [5.41, 5.74) is 1.76. The largest absolute Gasteiger partial charge is 0.212 e. The topological polar surface area (TPSA) is 0 Å². The van der Waals surface area contributed by atoms with Gasteiger partial charge in [0.1, 0.15) is 0 Å². The second-order valence-corrected chi connectivity index (χ2v) is 3.79. The van der Waals surface area contributed by atoms with Gasteiger partial charge in [0, 0.05) is 5.54 Å². The van der Waals surface area contributed by atoms with E-state index >= 15 is 0 Å². The van der Waals surface area contributed by atoms with Crippen LogP contribution in [0.3, 0.4) is 0 Å². The van der Waals surface area contributed by atoms with Crippen LogP contribution in [0.2, 0.25) is 0 Å². The zero-order valence-corrected chi connectivity index (χ0v) is 7.11. The molecule has 0 aromatic rings. The van der Waals surface area contributed by atoms with Crippen molar-refractivity contribution in [2.24, 2.45) is 0 Å². The SMILES string of the molecule is CC(=CCl)C(Cl)(Cl)Cl. The molecule has 0 aromatic carbocycles. The lowest BCUT2D eigenvalue weighted by molar-refractivity contribution is 1.26. The summed E-state index contributed by atoms with van der Waals surface area (Å²) >= 11 is 21.3. The third-order valence-electron chi connectivity index (χ3n) is 0.611. The fourth-order valence-electron chi connectivity index (χ4n) is 0.0619. The van der Waals surface area contributed by atoms with Gasteiger partial charge in [-0.1, -0.05) is 46.4 Å². The van der Waals surface area contributed by atoms with Crippen LogP contribution >= 0.6 is 46.4 Å². The first-order valence-corrected chi connectivity index (χ1v) is 3.39. The van der Waals surface area contributed by atoms with Crippen LogP contribution in [0.1, 0.15) is 6.92 Å². The van der Waals surface area contributed by atoms with Crippen LogP contribution in [0.4, 0.5) is 0 Å². The predicted molar refractivity (Wildman–Crippen MR) is 39.9 cm³/mol. The Morgan fingerprint density at radius 3 is 1.75 bits per heavy atom. The number of halogens is 4. The smallest absolute Gasteiger partial charge is 0.0929 e. The van der Waals surface area contributed by atoms with Crippen LogP contribution in [0.15, 0.2) is 11.1 Å². The Balaban J connectivity index is 4.03. The van der Waals surface area contributed by atoms with E-state index in [-0.39, 0.29) is 0 Å². The quantitative estimate of drug-likeness (QED) is 0.517. The van der Waals surface area contributed by atoms with Crippen LogP contribution in [-0.4, -0.2) is 3.79 Å². The van der Waals surface area contributed by atoms with E-state index in [0.29, 0.717) is 5.57 Å². The first-order valence-electron chi connectivity index (χ1n) is 1.82. The normalized spacial score (nSPS) is 14.4. The first kappa shape index (κ1) is 8.90. The number of alkyl halides is 3. The van der Waals surface area contributed by atoms with Crippen molar-refractivity contribution < 1.29 is 0 Å². The van der Waals surface area contributed by atoms with Gasteiger partial charge < -0.3 is 0 Å². The van der Waals surface area contributed by atoms with Crippen molar-refractivity contribution in [3.8, 4) is 0 Å². The second-order valence-electron chi connectivity index (χ2n) is 1.29. The van der Waals surface area contributed by atoms with E-state index in [1.807, 2.05) is 0 Å². The molecule has 0 saturated carbocycles. The van der Waals surface area contributed by atoms with Crippen molar-refractivity contribution in [3.05, 3.63) is 11.1 Å². The summed E-state index contributed by atoms with van der Waals surface area (Å²) in [6.45, 7) is 1.64. The summed E-state index contributed by atoms with van der Waals surface area (Å²) in [6.07, 6.45) is 0. The molecule has 48 valence electrons. The highest BCUT2D eigenvalue weighted by molar-refractivity contribution is 6.69. The molecular weight excluding hydrogens is 190 g/mol. The van der Waals surface area contributed by atoms with E-state index in [1.165, 1.54) is 5.54 Å². The molecule has 0 unspecified atom stereocenters. The van der Waals surface area contributed by atoms with E-state index in [0.717, 1.165) is 0 Å². The molecule has 0 aliphatic rings. The third kappa shape index (κ3) is 3.03. The maximum atomic E-state index is 5.36. The molecule has 0 aliphatic carbocycles. The lowest BCUT2D eigenvalue weighted by Crippen LogP contribution is -2.01. The highest BCUT2D eigenvalue weighted by Crippen LogP contribution is 2.34. The molecule has 0 nitrogen and oxygen atoms in total. The van der Waals surface area contributed by atoms with E-state index < -0.39 is 3.79 Å². The van der Waals surface area contributed by atoms with Crippen molar-refractivity contribution >= 4 is 46.4 Å². The molecule has 0 radical (unpaired) electrons. The molecule has 0 rings (SSSR count). The Labute approximate surface area is 68.4 Å². The Bertz CT molecular complexity index is 99.1. The number of hydrogen-bond donors (Lipinski definition) is 0. The molecule has 0 fully saturated rings. The highest BCUT2D eigenvalue weighted by Gasteiger charge is 2.21. The summed E-state index contributed by atoms with van der Waals surface area (Å²) < 4.78 is -1.35. The van der Waals surface area contributed by atoms with E-state index in [1.54, 1.807) is 6.92 Å². The van der Waals surface area contributed by atoms with E-state index in [2.05, 4.69) is 0 Å². The lowest BCUT2D eigenvalue weighted by atomic mass is 10.4. The average molecular weight is 194 g/mol. The number of allylic oxidation sites excluding steroid dienone is 1. The van der Waals surface area contributed by atoms with Crippen LogP contribution < -0.4 is 0 Å². The Kier molecular flexibility index (Phi) is 3.52. The second kappa shape index (κ2) is 3.17. The molecule has 0 spiro atoms. The summed E-state index contributed by atoms with van der Waals surface area (Å²) in [4.78, 5) is 0. The van der Waals surface area contributed by atoms with E-state index in [9.17, 15) is 0 Å². The van der Waals surface area contributed by atoms with Gasteiger partial charge >= 0.3 is 0 Å². The minimum Gasteiger partial charge on any atom is -0.0929 e. The molecule has 0 saturated heterocycles. The van der Waals surface area contributed by atoms with Gasteiger partial charge in [-0.3, -0.25) is 0 Å². The highest BCUT2D eigenvalue weighted by atomic mass is 35.6. The minimum absolute atomic E-state index is 0.518. The molecule has 0 aliphatic heterocycles. The van der Waals surface area contributed by atoms with Gasteiger partial charge in [0.05, 0.1) is 0 Å². The molecule has 4 heteroatoms. The van der Waals surface area contributed by atoms with Crippen LogP contribution in [0.5, 0.6) is 0 Å². The summed E-state index contributed by atoms with van der Waals surface area (Å²) in [5.74, 6) is 0. The van der Waals surface area contributed by atoms with Crippen molar-refractivity contribution in [2.75, 3.05) is 0 Å². The molecule has 8 heavy (non-hydrogen) atoms. The molecule has 0 heterocycles. The van der Waals surface area contributed by atoms with Gasteiger partial charge in [0.2, 0.25) is 3.79 Å². The molecule has 0 aromatic heterocycles.